The number of pyridine rings is 1. The van der Waals surface area contributed by atoms with E-state index in [1.54, 1.807) is 10.6 Å². The fourth-order valence-corrected chi connectivity index (χ4v) is 3.63. The highest BCUT2D eigenvalue weighted by atomic mass is 19.4. The molecule has 0 amide bonds. The molecule has 2 aromatic rings. The first-order valence-corrected chi connectivity index (χ1v) is 10.6. The summed E-state index contributed by atoms with van der Waals surface area (Å²) < 4.78 is 44.8. The van der Waals surface area contributed by atoms with Crippen molar-refractivity contribution in [2.75, 3.05) is 12.3 Å². The van der Waals surface area contributed by atoms with Gasteiger partial charge in [0.1, 0.15) is 23.0 Å². The molecule has 0 radical (unpaired) electrons. The summed E-state index contributed by atoms with van der Waals surface area (Å²) >= 11 is 0. The zero-order valence-corrected chi connectivity index (χ0v) is 17.8. The summed E-state index contributed by atoms with van der Waals surface area (Å²) in [4.78, 5) is 6.82. The Morgan fingerprint density at radius 2 is 1.97 bits per heavy atom. The summed E-state index contributed by atoms with van der Waals surface area (Å²) in [5, 5.41) is 18.8. The number of nitrogens with zero attached hydrogens (tertiary/aromatic N) is 3. The standard InChI is InChI=1S/C12H17N3.C9H11F3N4O/c13-11-8-4-5-9-15(11)12(14)10-6-2-1-3-7-10;1-4-6(3-14-4)17-7-5(9(10,11)12)2-15-8(13)16-7/h4-5,8-10,13-14H,1-3,6-7H2;2,4,6,14H,3H2,1H3,(H2,13,15,16). The van der Waals surface area contributed by atoms with E-state index in [0.29, 0.717) is 30.0 Å². The van der Waals surface area contributed by atoms with Crippen molar-refractivity contribution in [3.63, 3.8) is 0 Å². The molecule has 2 fully saturated rings. The van der Waals surface area contributed by atoms with Gasteiger partial charge in [0.05, 0.1) is 0 Å². The monoisotopic (exact) mass is 451 g/mol. The van der Waals surface area contributed by atoms with Gasteiger partial charge in [0.15, 0.2) is 0 Å². The molecule has 32 heavy (non-hydrogen) atoms. The first kappa shape index (κ1) is 23.7. The highest BCUT2D eigenvalue weighted by Gasteiger charge is 2.38. The molecule has 1 aliphatic carbocycles. The molecule has 4 rings (SSSR count). The number of alkyl halides is 3. The van der Waals surface area contributed by atoms with Crippen LogP contribution in [0, 0.1) is 16.7 Å². The lowest BCUT2D eigenvalue weighted by atomic mass is 9.88. The van der Waals surface area contributed by atoms with Crippen molar-refractivity contribution in [2.24, 2.45) is 5.92 Å². The third-order valence-electron chi connectivity index (χ3n) is 5.65. The fraction of sp³-hybridized carbons (Fsp3) is 0.524. The van der Waals surface area contributed by atoms with E-state index in [9.17, 15) is 13.2 Å². The van der Waals surface area contributed by atoms with Crippen molar-refractivity contribution in [1.29, 1.82) is 10.8 Å². The van der Waals surface area contributed by atoms with Crippen LogP contribution in [0.3, 0.4) is 0 Å². The Kier molecular flexibility index (Phi) is 7.49. The average molecular weight is 451 g/mol. The average Bonchev–Trinajstić information content (AvgIpc) is 2.76. The van der Waals surface area contributed by atoms with Crippen molar-refractivity contribution in [3.05, 3.63) is 41.6 Å². The van der Waals surface area contributed by atoms with E-state index in [1.807, 2.05) is 25.3 Å². The summed E-state index contributed by atoms with van der Waals surface area (Å²) in [6, 6.07) is 5.45. The van der Waals surface area contributed by atoms with Crippen LogP contribution in [0.1, 0.15) is 44.6 Å². The second-order valence-electron chi connectivity index (χ2n) is 7.97. The van der Waals surface area contributed by atoms with E-state index in [0.717, 1.165) is 12.8 Å². The Morgan fingerprint density at radius 3 is 2.53 bits per heavy atom. The molecule has 1 aliphatic heterocycles. The smallest absolute Gasteiger partial charge is 0.423 e. The maximum absolute atomic E-state index is 12.6. The highest BCUT2D eigenvalue weighted by Crippen LogP contribution is 2.35. The molecular formula is C21H28F3N7O. The Balaban J connectivity index is 0.000000182. The zero-order valence-electron chi connectivity index (χ0n) is 17.8. The molecule has 2 unspecified atom stereocenters. The number of hydrogen-bond donors (Lipinski definition) is 4. The molecule has 0 aromatic carbocycles. The van der Waals surface area contributed by atoms with Gasteiger partial charge < -0.3 is 15.8 Å². The van der Waals surface area contributed by atoms with Crippen LogP contribution >= 0.6 is 0 Å². The number of anilines is 1. The number of ether oxygens (including phenoxy) is 1. The van der Waals surface area contributed by atoms with Gasteiger partial charge in [-0.05, 0) is 31.9 Å². The van der Waals surface area contributed by atoms with Crippen molar-refractivity contribution in [3.8, 4) is 5.88 Å². The van der Waals surface area contributed by atoms with Gasteiger partial charge in [0.25, 0.3) is 0 Å². The summed E-state index contributed by atoms with van der Waals surface area (Å²) in [5.41, 5.74) is 4.66. The SMILES string of the molecule is CC1NCC1Oc1nc(N)ncc1C(F)(F)F.N=C(C1CCCCC1)n1ccccc1=N. The third-order valence-corrected chi connectivity index (χ3v) is 5.65. The minimum absolute atomic E-state index is 0.00715. The molecule has 2 aliphatic rings. The molecule has 5 N–H and O–H groups in total. The van der Waals surface area contributed by atoms with E-state index >= 15 is 0 Å². The van der Waals surface area contributed by atoms with Gasteiger partial charge in [-0.3, -0.25) is 15.4 Å². The third kappa shape index (κ3) is 5.84. The zero-order chi connectivity index (χ0) is 23.3. The van der Waals surface area contributed by atoms with Crippen molar-refractivity contribution < 1.29 is 17.9 Å². The summed E-state index contributed by atoms with van der Waals surface area (Å²) in [5.74, 6) is 0.201. The van der Waals surface area contributed by atoms with Gasteiger partial charge in [-0.2, -0.15) is 18.2 Å². The van der Waals surface area contributed by atoms with Crippen LogP contribution in [-0.2, 0) is 6.18 Å². The Hall–Kier alpha value is -2.95. The van der Waals surface area contributed by atoms with Gasteiger partial charge in [0, 0.05) is 30.9 Å². The molecular weight excluding hydrogens is 423 g/mol. The van der Waals surface area contributed by atoms with Crippen LogP contribution in [0.25, 0.3) is 0 Å². The second-order valence-corrected chi connectivity index (χ2v) is 7.97. The summed E-state index contributed by atoms with van der Waals surface area (Å²) in [6.45, 7) is 2.30. The Morgan fingerprint density at radius 1 is 1.25 bits per heavy atom. The number of halogens is 3. The number of rotatable bonds is 3. The van der Waals surface area contributed by atoms with Crippen molar-refractivity contribution >= 4 is 11.8 Å². The van der Waals surface area contributed by atoms with Crippen LogP contribution < -0.4 is 21.3 Å². The van der Waals surface area contributed by atoms with Gasteiger partial charge in [0.2, 0.25) is 11.8 Å². The summed E-state index contributed by atoms with van der Waals surface area (Å²) in [6.07, 6.45) is 3.56. The highest BCUT2D eigenvalue weighted by molar-refractivity contribution is 5.83. The van der Waals surface area contributed by atoms with Crippen LogP contribution in [0.15, 0.2) is 30.6 Å². The topological polar surface area (TPSA) is 126 Å². The molecule has 2 atom stereocenters. The van der Waals surface area contributed by atoms with Crippen molar-refractivity contribution in [1.82, 2.24) is 19.9 Å². The van der Waals surface area contributed by atoms with E-state index < -0.39 is 17.6 Å². The molecule has 174 valence electrons. The number of nitrogens with one attached hydrogen (secondary N) is 3. The lowest BCUT2D eigenvalue weighted by molar-refractivity contribution is -0.140. The van der Waals surface area contributed by atoms with E-state index in [4.69, 9.17) is 21.3 Å². The molecule has 0 spiro atoms. The Bertz CT molecular complexity index is 986. The maximum atomic E-state index is 12.6. The number of aromatic nitrogens is 3. The van der Waals surface area contributed by atoms with Gasteiger partial charge >= 0.3 is 6.18 Å². The van der Waals surface area contributed by atoms with E-state index in [2.05, 4.69) is 15.3 Å². The minimum atomic E-state index is -4.55. The minimum Gasteiger partial charge on any atom is -0.471 e. The van der Waals surface area contributed by atoms with Crippen LogP contribution in [0.5, 0.6) is 5.88 Å². The molecule has 8 nitrogen and oxygen atoms in total. The summed E-state index contributed by atoms with van der Waals surface area (Å²) in [7, 11) is 0. The van der Waals surface area contributed by atoms with E-state index in [1.165, 1.54) is 19.3 Å². The number of nitrogens with two attached hydrogens (primary N) is 1. The quantitative estimate of drug-likeness (QED) is 0.421. The fourth-order valence-electron chi connectivity index (χ4n) is 3.63. The van der Waals surface area contributed by atoms with Crippen molar-refractivity contribution in [2.45, 2.75) is 57.3 Å². The van der Waals surface area contributed by atoms with Crippen LogP contribution in [-0.4, -0.2) is 39.1 Å². The molecule has 2 aromatic heterocycles. The second kappa shape index (κ2) is 10.1. The maximum Gasteiger partial charge on any atom is 0.423 e. The molecule has 1 saturated heterocycles. The molecule has 11 heteroatoms. The normalized spacial score (nSPS) is 21.1. The number of nitrogen functional groups attached to an aromatic ring is 1. The Labute approximate surface area is 184 Å². The van der Waals surface area contributed by atoms with Gasteiger partial charge in [-0.25, -0.2) is 4.98 Å². The first-order valence-electron chi connectivity index (χ1n) is 10.6. The molecule has 1 saturated carbocycles. The predicted octanol–water partition coefficient (Wildman–Crippen LogP) is 3.19. The van der Waals surface area contributed by atoms with Crippen LogP contribution in [0.4, 0.5) is 19.1 Å². The predicted molar refractivity (Wildman–Crippen MR) is 113 cm³/mol. The van der Waals surface area contributed by atoms with Gasteiger partial charge in [-0.15, -0.1) is 0 Å². The van der Waals surface area contributed by atoms with Crippen LogP contribution in [0.2, 0.25) is 0 Å². The van der Waals surface area contributed by atoms with E-state index in [-0.39, 0.29) is 18.1 Å². The lowest BCUT2D eigenvalue weighted by Crippen LogP contribution is -2.58. The largest absolute Gasteiger partial charge is 0.471 e. The first-order chi connectivity index (χ1) is 15.2. The van der Waals surface area contributed by atoms with Gasteiger partial charge in [-0.1, -0.05) is 25.3 Å². The number of hydrogen-bond acceptors (Lipinski definition) is 7. The lowest BCUT2D eigenvalue weighted by Gasteiger charge is -2.35. The molecule has 3 heterocycles. The molecule has 0 bridgehead atoms.